The molecule has 1 aromatic heterocycles. The molecule has 2 atom stereocenters. The second-order valence-electron chi connectivity index (χ2n) is 9.43. The summed E-state index contributed by atoms with van der Waals surface area (Å²) in [5.41, 5.74) is 6.91. The Morgan fingerprint density at radius 2 is 1.59 bits per heavy atom. The number of carbonyl (C=O) groups excluding carboxylic acids is 1. The van der Waals surface area contributed by atoms with Gasteiger partial charge in [0, 0.05) is 34.8 Å². The van der Waals surface area contributed by atoms with Gasteiger partial charge in [0.1, 0.15) is 0 Å². The molecular weight excluding hydrogens is 464 g/mol. The van der Waals surface area contributed by atoms with Crippen molar-refractivity contribution in [3.05, 3.63) is 95.2 Å². The Balaban J connectivity index is 1.58. The third-order valence-electron chi connectivity index (χ3n) is 7.47. The molecular formula is C31H28N2O4. The van der Waals surface area contributed by atoms with Crippen LogP contribution < -0.4 is 19.5 Å². The fourth-order valence-corrected chi connectivity index (χ4v) is 5.81. The summed E-state index contributed by atoms with van der Waals surface area (Å²) in [6, 6.07) is 22.0. The van der Waals surface area contributed by atoms with Crippen molar-refractivity contribution >= 4 is 27.9 Å². The van der Waals surface area contributed by atoms with Gasteiger partial charge in [0.25, 0.3) is 0 Å². The smallest absolute Gasteiger partial charge is 0.203 e. The fourth-order valence-electron chi connectivity index (χ4n) is 5.81. The lowest BCUT2D eigenvalue weighted by Crippen LogP contribution is -2.29. The van der Waals surface area contributed by atoms with Crippen molar-refractivity contribution < 1.29 is 19.0 Å². The Bertz CT molecular complexity index is 1520. The van der Waals surface area contributed by atoms with Crippen molar-refractivity contribution in [1.82, 2.24) is 4.98 Å². The van der Waals surface area contributed by atoms with E-state index in [-0.39, 0.29) is 17.7 Å². The molecule has 2 heterocycles. The number of anilines is 1. The quantitative estimate of drug-likeness (QED) is 0.351. The Labute approximate surface area is 215 Å². The molecule has 1 N–H and O–H groups in total. The molecule has 0 bridgehead atoms. The first-order valence-electron chi connectivity index (χ1n) is 12.4. The number of ether oxygens (including phenoxy) is 3. The van der Waals surface area contributed by atoms with Crippen LogP contribution in [0.3, 0.4) is 0 Å². The van der Waals surface area contributed by atoms with Crippen LogP contribution in [-0.4, -0.2) is 32.1 Å². The van der Waals surface area contributed by atoms with Crippen molar-refractivity contribution in [2.45, 2.75) is 24.8 Å². The second-order valence-corrected chi connectivity index (χ2v) is 9.43. The van der Waals surface area contributed by atoms with Crippen molar-refractivity contribution in [3.8, 4) is 17.2 Å². The van der Waals surface area contributed by atoms with Crippen LogP contribution in [0.25, 0.3) is 16.5 Å². The van der Waals surface area contributed by atoms with Gasteiger partial charge >= 0.3 is 0 Å². The van der Waals surface area contributed by atoms with E-state index in [4.69, 9.17) is 14.2 Å². The predicted molar refractivity (Wildman–Crippen MR) is 145 cm³/mol. The number of benzene rings is 3. The number of carbonyl (C=O) groups is 1. The van der Waals surface area contributed by atoms with Crippen LogP contribution in [0, 0.1) is 0 Å². The summed E-state index contributed by atoms with van der Waals surface area (Å²) in [5.74, 6) is 1.90. The molecule has 2 aliphatic rings. The number of methoxy groups -OCH3 is 3. The molecule has 0 unspecified atom stereocenters. The highest BCUT2D eigenvalue weighted by molar-refractivity contribution is 6.12. The number of ketones is 1. The fraction of sp³-hybridized carbons (Fsp3) is 0.226. The number of rotatable bonds is 5. The predicted octanol–water partition coefficient (Wildman–Crippen LogP) is 6.33. The van der Waals surface area contributed by atoms with Crippen LogP contribution in [0.15, 0.2) is 78.5 Å². The van der Waals surface area contributed by atoms with Gasteiger partial charge in [-0.15, -0.1) is 0 Å². The van der Waals surface area contributed by atoms with E-state index >= 15 is 0 Å². The molecule has 3 aromatic carbocycles. The van der Waals surface area contributed by atoms with E-state index in [9.17, 15) is 4.79 Å². The lowest BCUT2D eigenvalue weighted by atomic mass is 9.71. The molecule has 186 valence electrons. The van der Waals surface area contributed by atoms with Gasteiger partial charge in [0.15, 0.2) is 17.3 Å². The van der Waals surface area contributed by atoms with Crippen LogP contribution in [0.2, 0.25) is 0 Å². The van der Waals surface area contributed by atoms with Crippen LogP contribution in [0.5, 0.6) is 17.2 Å². The van der Waals surface area contributed by atoms with Crippen LogP contribution >= 0.6 is 0 Å². The zero-order valence-corrected chi connectivity index (χ0v) is 21.1. The average Bonchev–Trinajstić information content (AvgIpc) is 2.95. The SMILES string of the molecule is COc1cc([C@H]2Nc3ccc4ncccc4c3C3=C2C(=O)C[C@H](c2ccccc2)C3)cc(OC)c1OC. The molecule has 1 aliphatic carbocycles. The number of fused-ring (bicyclic) bond motifs is 4. The molecule has 37 heavy (non-hydrogen) atoms. The van der Waals surface area contributed by atoms with E-state index in [1.165, 1.54) is 5.56 Å². The maximum Gasteiger partial charge on any atom is 0.203 e. The maximum atomic E-state index is 14.0. The number of aromatic nitrogens is 1. The number of pyridine rings is 1. The summed E-state index contributed by atoms with van der Waals surface area (Å²) in [6.45, 7) is 0. The molecule has 0 spiro atoms. The summed E-state index contributed by atoms with van der Waals surface area (Å²) < 4.78 is 16.8. The van der Waals surface area contributed by atoms with Crippen molar-refractivity contribution in [1.29, 1.82) is 0 Å². The Hall–Kier alpha value is -4.32. The van der Waals surface area contributed by atoms with Gasteiger partial charge in [-0.25, -0.2) is 0 Å². The first-order valence-corrected chi connectivity index (χ1v) is 12.4. The minimum Gasteiger partial charge on any atom is -0.493 e. The van der Waals surface area contributed by atoms with Crippen LogP contribution in [0.4, 0.5) is 5.69 Å². The Morgan fingerprint density at radius 1 is 0.838 bits per heavy atom. The van der Waals surface area contributed by atoms with E-state index in [2.05, 4.69) is 34.6 Å². The monoisotopic (exact) mass is 492 g/mol. The van der Waals surface area contributed by atoms with Crippen LogP contribution in [0.1, 0.15) is 41.5 Å². The highest BCUT2D eigenvalue weighted by atomic mass is 16.5. The van der Waals surface area contributed by atoms with Gasteiger partial charge in [0.2, 0.25) is 5.75 Å². The largest absolute Gasteiger partial charge is 0.493 e. The van der Waals surface area contributed by atoms with E-state index in [0.29, 0.717) is 23.7 Å². The molecule has 6 rings (SSSR count). The van der Waals surface area contributed by atoms with Gasteiger partial charge in [-0.3, -0.25) is 9.78 Å². The van der Waals surface area contributed by atoms with E-state index < -0.39 is 0 Å². The highest BCUT2D eigenvalue weighted by Crippen LogP contribution is 2.52. The van der Waals surface area contributed by atoms with Gasteiger partial charge in [-0.1, -0.05) is 36.4 Å². The van der Waals surface area contributed by atoms with Crippen molar-refractivity contribution in [2.24, 2.45) is 0 Å². The van der Waals surface area contributed by atoms with Gasteiger partial charge in [-0.2, -0.15) is 0 Å². The Kier molecular flexibility index (Phi) is 5.80. The van der Waals surface area contributed by atoms with Crippen molar-refractivity contribution in [2.75, 3.05) is 26.6 Å². The minimum atomic E-state index is -0.352. The number of hydrogen-bond acceptors (Lipinski definition) is 6. The number of Topliss-reactive ketones (excluding diaryl/α,β-unsaturated/α-hetero) is 1. The first kappa shape index (κ1) is 23.1. The lowest BCUT2D eigenvalue weighted by Gasteiger charge is -2.37. The number of nitrogens with zero attached hydrogens (tertiary/aromatic N) is 1. The van der Waals surface area contributed by atoms with E-state index in [0.717, 1.165) is 45.3 Å². The second kappa shape index (κ2) is 9.28. The molecule has 6 heteroatoms. The number of allylic oxidation sites excluding steroid dienone is 1. The van der Waals surface area contributed by atoms with Crippen molar-refractivity contribution in [3.63, 3.8) is 0 Å². The lowest BCUT2D eigenvalue weighted by molar-refractivity contribution is -0.116. The zero-order chi connectivity index (χ0) is 25.5. The summed E-state index contributed by atoms with van der Waals surface area (Å²) in [6.07, 6.45) is 3.04. The highest BCUT2D eigenvalue weighted by Gasteiger charge is 2.39. The molecule has 0 amide bonds. The topological polar surface area (TPSA) is 69.7 Å². The number of nitrogens with one attached hydrogen (secondary N) is 1. The summed E-state index contributed by atoms with van der Waals surface area (Å²) in [7, 11) is 4.79. The zero-order valence-electron chi connectivity index (χ0n) is 21.1. The molecule has 0 saturated carbocycles. The van der Waals surface area contributed by atoms with Gasteiger partial charge in [-0.05, 0) is 59.4 Å². The van der Waals surface area contributed by atoms with E-state index in [1.54, 1.807) is 27.5 Å². The Morgan fingerprint density at radius 3 is 2.30 bits per heavy atom. The maximum absolute atomic E-state index is 14.0. The summed E-state index contributed by atoms with van der Waals surface area (Å²) in [4.78, 5) is 18.6. The molecule has 0 saturated heterocycles. The normalized spacial score (nSPS) is 18.6. The van der Waals surface area contributed by atoms with Gasteiger partial charge in [0.05, 0.1) is 32.9 Å². The standard InChI is InChI=1S/C31H28N2O4/c1-35-26-16-20(17-27(36-2)31(26)37-3)30-29-22(14-19(15-25(29)34)18-8-5-4-6-9-18)28-21-10-7-13-32-23(21)11-12-24(28)33-30/h4-13,16-17,19,30,33H,14-15H2,1-3H3/t19-,30-/m1/s1. The average molecular weight is 493 g/mol. The molecule has 4 aromatic rings. The summed E-state index contributed by atoms with van der Waals surface area (Å²) >= 11 is 0. The number of hydrogen-bond donors (Lipinski definition) is 1. The minimum absolute atomic E-state index is 0.117. The third-order valence-corrected chi connectivity index (χ3v) is 7.47. The van der Waals surface area contributed by atoms with Gasteiger partial charge < -0.3 is 19.5 Å². The van der Waals surface area contributed by atoms with Crippen LogP contribution in [-0.2, 0) is 4.79 Å². The summed E-state index contributed by atoms with van der Waals surface area (Å²) in [5, 5.41) is 4.72. The first-order chi connectivity index (χ1) is 18.1. The third kappa shape index (κ3) is 3.80. The molecule has 0 fully saturated rings. The molecule has 1 aliphatic heterocycles. The van der Waals surface area contributed by atoms with E-state index in [1.807, 2.05) is 42.5 Å². The molecule has 0 radical (unpaired) electrons. The molecule has 6 nitrogen and oxygen atoms in total.